The molecule has 4 aliphatic carbocycles. The highest BCUT2D eigenvalue weighted by molar-refractivity contribution is 6.05. The Hall–Kier alpha value is -1.84. The van der Waals surface area contributed by atoms with Gasteiger partial charge in [0.15, 0.2) is 0 Å². The van der Waals surface area contributed by atoms with Crippen molar-refractivity contribution < 1.29 is 9.59 Å². The molecule has 0 aliphatic heterocycles. The molecule has 2 N–H and O–H groups in total. The van der Waals surface area contributed by atoms with Crippen LogP contribution in [0.3, 0.4) is 0 Å². The van der Waals surface area contributed by atoms with Crippen LogP contribution in [0.25, 0.3) is 0 Å². The number of aryl methyl sites for hydroxylation is 1. The van der Waals surface area contributed by atoms with Crippen molar-refractivity contribution >= 4 is 17.5 Å². The number of carbonyl (C=O) groups is 2. The van der Waals surface area contributed by atoms with Crippen molar-refractivity contribution in [1.29, 1.82) is 0 Å². The number of nitrogens with one attached hydrogen (secondary N) is 2. The summed E-state index contributed by atoms with van der Waals surface area (Å²) in [6.45, 7) is 4.45. The Balaban J connectivity index is 1.58. The normalized spacial score (nSPS) is 32.5. The van der Waals surface area contributed by atoms with Crippen LogP contribution in [0.15, 0.2) is 18.2 Å². The molecule has 0 radical (unpaired) electrons. The Morgan fingerprint density at radius 1 is 1.08 bits per heavy atom. The maximum absolute atomic E-state index is 13.2. The molecule has 0 saturated heterocycles. The molecule has 4 saturated carbocycles. The molecular weight excluding hydrogens is 312 g/mol. The summed E-state index contributed by atoms with van der Waals surface area (Å²) in [5.41, 5.74) is 2.05. The molecular formula is C21H28N2O2. The van der Waals surface area contributed by atoms with E-state index in [1.807, 2.05) is 32.0 Å². The van der Waals surface area contributed by atoms with E-state index in [0.717, 1.165) is 42.6 Å². The lowest BCUT2D eigenvalue weighted by atomic mass is 9.49. The lowest BCUT2D eigenvalue weighted by Crippen LogP contribution is -2.51. The van der Waals surface area contributed by atoms with E-state index < -0.39 is 0 Å². The van der Waals surface area contributed by atoms with E-state index >= 15 is 0 Å². The largest absolute Gasteiger partial charge is 0.352 e. The Morgan fingerprint density at radius 3 is 2.24 bits per heavy atom. The highest BCUT2D eigenvalue weighted by atomic mass is 16.2. The number of hydrogen-bond donors (Lipinski definition) is 2. The zero-order valence-electron chi connectivity index (χ0n) is 15.2. The lowest BCUT2D eigenvalue weighted by molar-refractivity contribution is -0.140. The summed E-state index contributed by atoms with van der Waals surface area (Å²) in [5, 5.41) is 5.98. The number of anilines is 1. The minimum atomic E-state index is -0.196. The van der Waals surface area contributed by atoms with Gasteiger partial charge in [-0.05, 0) is 82.3 Å². The maximum Gasteiger partial charge on any atom is 0.253 e. The van der Waals surface area contributed by atoms with Crippen LogP contribution in [0.4, 0.5) is 5.69 Å². The Bertz CT molecular complexity index is 675. The molecule has 0 unspecified atom stereocenters. The van der Waals surface area contributed by atoms with Crippen LogP contribution in [-0.2, 0) is 4.79 Å². The van der Waals surface area contributed by atoms with Gasteiger partial charge in [-0.15, -0.1) is 0 Å². The predicted octanol–water partition coefficient (Wildman–Crippen LogP) is 3.90. The van der Waals surface area contributed by atoms with Gasteiger partial charge in [-0.3, -0.25) is 9.59 Å². The number of benzene rings is 1. The van der Waals surface area contributed by atoms with Crippen molar-refractivity contribution in [2.24, 2.45) is 23.2 Å². The first-order valence-electron chi connectivity index (χ1n) is 9.69. The molecule has 2 amide bonds. The van der Waals surface area contributed by atoms with Crippen molar-refractivity contribution in [2.45, 2.75) is 52.4 Å². The summed E-state index contributed by atoms with van der Waals surface area (Å²) in [5.74, 6) is 2.22. The topological polar surface area (TPSA) is 58.2 Å². The van der Waals surface area contributed by atoms with E-state index in [9.17, 15) is 9.59 Å². The second-order valence-corrected chi connectivity index (χ2v) is 8.56. The third-order valence-electron chi connectivity index (χ3n) is 6.53. The molecule has 0 heterocycles. The average molecular weight is 340 g/mol. The molecule has 4 heteroatoms. The fourth-order valence-corrected chi connectivity index (χ4v) is 5.85. The van der Waals surface area contributed by atoms with Gasteiger partial charge in [0.05, 0.1) is 16.7 Å². The third-order valence-corrected chi connectivity index (χ3v) is 6.53. The van der Waals surface area contributed by atoms with Crippen molar-refractivity contribution in [1.82, 2.24) is 5.32 Å². The smallest absolute Gasteiger partial charge is 0.253 e. The van der Waals surface area contributed by atoms with Gasteiger partial charge in [-0.1, -0.05) is 11.6 Å². The van der Waals surface area contributed by atoms with E-state index in [1.54, 1.807) is 0 Å². The van der Waals surface area contributed by atoms with Crippen LogP contribution < -0.4 is 10.6 Å². The molecule has 4 bridgehead atoms. The van der Waals surface area contributed by atoms with E-state index in [4.69, 9.17) is 0 Å². The summed E-state index contributed by atoms with van der Waals surface area (Å²) in [4.78, 5) is 25.6. The zero-order chi connectivity index (χ0) is 17.6. The zero-order valence-corrected chi connectivity index (χ0v) is 15.2. The van der Waals surface area contributed by atoms with Crippen molar-refractivity contribution in [2.75, 3.05) is 11.9 Å². The molecule has 134 valence electrons. The standard InChI is InChI=1S/C21H28N2O2/c1-3-22-19(24)17-6-13(2)4-5-18(17)23-20(25)21-10-14-7-15(11-21)9-16(8-14)12-21/h4-6,14-16H,3,7-12H2,1-2H3,(H,22,24)(H,23,25). The molecule has 1 aromatic rings. The summed E-state index contributed by atoms with van der Waals surface area (Å²) in [6.07, 6.45) is 7.07. The van der Waals surface area contributed by atoms with Gasteiger partial charge in [-0.25, -0.2) is 0 Å². The van der Waals surface area contributed by atoms with Crippen molar-refractivity contribution in [3.63, 3.8) is 0 Å². The predicted molar refractivity (Wildman–Crippen MR) is 98.4 cm³/mol. The number of carbonyl (C=O) groups excluding carboxylic acids is 2. The van der Waals surface area contributed by atoms with E-state index in [0.29, 0.717) is 17.8 Å². The van der Waals surface area contributed by atoms with Crippen LogP contribution in [0.2, 0.25) is 0 Å². The van der Waals surface area contributed by atoms with Crippen molar-refractivity contribution in [3.8, 4) is 0 Å². The fraction of sp³-hybridized carbons (Fsp3) is 0.619. The minimum Gasteiger partial charge on any atom is -0.352 e. The van der Waals surface area contributed by atoms with Crippen LogP contribution in [0, 0.1) is 30.1 Å². The average Bonchev–Trinajstić information content (AvgIpc) is 2.55. The molecule has 25 heavy (non-hydrogen) atoms. The first-order chi connectivity index (χ1) is 12.0. The maximum atomic E-state index is 13.2. The Labute approximate surface area is 149 Å². The van der Waals surface area contributed by atoms with Crippen LogP contribution in [0.1, 0.15) is 61.4 Å². The SMILES string of the molecule is CCNC(=O)c1cc(C)ccc1NC(=O)C12CC3CC(CC(C3)C1)C2. The van der Waals surface area contributed by atoms with Crippen LogP contribution >= 0.6 is 0 Å². The highest BCUT2D eigenvalue weighted by Crippen LogP contribution is 2.60. The summed E-state index contributed by atoms with van der Waals surface area (Å²) >= 11 is 0. The van der Waals surface area contributed by atoms with E-state index in [1.165, 1.54) is 19.3 Å². The van der Waals surface area contributed by atoms with Gasteiger partial charge >= 0.3 is 0 Å². The summed E-state index contributed by atoms with van der Waals surface area (Å²) < 4.78 is 0. The molecule has 4 aliphatic rings. The van der Waals surface area contributed by atoms with Gasteiger partial charge in [0, 0.05) is 6.54 Å². The Kier molecular flexibility index (Phi) is 4.09. The molecule has 4 fully saturated rings. The number of amides is 2. The Morgan fingerprint density at radius 2 is 1.68 bits per heavy atom. The summed E-state index contributed by atoms with van der Waals surface area (Å²) in [7, 11) is 0. The second kappa shape index (κ2) is 6.15. The van der Waals surface area contributed by atoms with Gasteiger partial charge in [-0.2, -0.15) is 0 Å². The van der Waals surface area contributed by atoms with Gasteiger partial charge in [0.1, 0.15) is 0 Å². The molecule has 4 nitrogen and oxygen atoms in total. The highest BCUT2D eigenvalue weighted by Gasteiger charge is 2.54. The van der Waals surface area contributed by atoms with E-state index in [-0.39, 0.29) is 17.2 Å². The molecule has 1 aromatic carbocycles. The monoisotopic (exact) mass is 340 g/mol. The quantitative estimate of drug-likeness (QED) is 0.873. The van der Waals surface area contributed by atoms with Crippen LogP contribution in [-0.4, -0.2) is 18.4 Å². The van der Waals surface area contributed by atoms with E-state index in [2.05, 4.69) is 10.6 Å². The first kappa shape index (κ1) is 16.6. The van der Waals surface area contributed by atoms with Gasteiger partial charge in [0.25, 0.3) is 5.91 Å². The number of hydrogen-bond acceptors (Lipinski definition) is 2. The number of rotatable bonds is 4. The molecule has 0 atom stereocenters. The molecule has 0 spiro atoms. The molecule has 0 aromatic heterocycles. The lowest BCUT2D eigenvalue weighted by Gasteiger charge is -2.55. The minimum absolute atomic E-state index is 0.119. The third kappa shape index (κ3) is 2.96. The first-order valence-corrected chi connectivity index (χ1v) is 9.69. The van der Waals surface area contributed by atoms with Gasteiger partial charge in [0.2, 0.25) is 5.91 Å². The summed E-state index contributed by atoms with van der Waals surface area (Å²) in [6, 6.07) is 5.69. The van der Waals surface area contributed by atoms with Crippen LogP contribution in [0.5, 0.6) is 0 Å². The second-order valence-electron chi connectivity index (χ2n) is 8.56. The molecule has 5 rings (SSSR count). The van der Waals surface area contributed by atoms with Crippen molar-refractivity contribution in [3.05, 3.63) is 29.3 Å². The fourth-order valence-electron chi connectivity index (χ4n) is 5.85. The van der Waals surface area contributed by atoms with Gasteiger partial charge < -0.3 is 10.6 Å².